The number of hydrogen-bond acceptors (Lipinski definition) is 8. The molecule has 0 unspecified atom stereocenters. The number of sulfone groups is 2. The van der Waals surface area contributed by atoms with Gasteiger partial charge in [0.15, 0.2) is 24.8 Å². The molecule has 0 aliphatic carbocycles. The number of hydrogen-bond donors (Lipinski definition) is 0. The molecular weight excluding hydrogens is 506 g/mol. The third-order valence-corrected chi connectivity index (χ3v) is 9.73. The van der Waals surface area contributed by atoms with Gasteiger partial charge in [-0.15, -0.1) is 0 Å². The summed E-state index contributed by atoms with van der Waals surface area (Å²) < 4.78 is 50.3. The maximum atomic E-state index is 13.3. The van der Waals surface area contributed by atoms with Crippen LogP contribution < -0.4 is 4.90 Å². The molecule has 0 saturated heterocycles. The van der Waals surface area contributed by atoms with Crippen LogP contribution in [0.5, 0.6) is 0 Å². The SMILES string of the molecule is CCN(CC)CCN(C(=O)CCCS(=O)(=O)c1ccccc1)c1nc2c(S(C)(=O)=O)cccc2s1. The molecule has 0 atom stereocenters. The van der Waals surface area contributed by atoms with Crippen molar-refractivity contribution in [2.24, 2.45) is 0 Å². The molecular formula is C24H31N3O5S3. The topological polar surface area (TPSA) is 105 Å². The molecule has 0 radical (unpaired) electrons. The van der Waals surface area contributed by atoms with Crippen molar-refractivity contribution in [3.63, 3.8) is 0 Å². The standard InChI is InChI=1S/C24H31N3O5S3/c1-4-26(5-2)16-17-27(22(28)15-10-18-35(31,32)19-11-7-6-8-12-19)24-25-23-20(33-24)13-9-14-21(23)34(3,29)30/h6-9,11-14H,4-5,10,15-18H2,1-3H3. The molecule has 3 aromatic rings. The Morgan fingerprint density at radius 1 is 0.943 bits per heavy atom. The monoisotopic (exact) mass is 537 g/mol. The van der Waals surface area contributed by atoms with Crippen LogP contribution in [-0.4, -0.2) is 70.8 Å². The molecule has 1 aromatic heterocycles. The van der Waals surface area contributed by atoms with Crippen LogP contribution in [0.3, 0.4) is 0 Å². The van der Waals surface area contributed by atoms with Gasteiger partial charge in [-0.25, -0.2) is 21.8 Å². The predicted molar refractivity (Wildman–Crippen MR) is 141 cm³/mol. The minimum Gasteiger partial charge on any atom is -0.302 e. The van der Waals surface area contributed by atoms with Crippen molar-refractivity contribution in [3.8, 4) is 0 Å². The van der Waals surface area contributed by atoms with Crippen molar-refractivity contribution >= 4 is 52.3 Å². The molecule has 0 spiro atoms. The summed E-state index contributed by atoms with van der Waals surface area (Å²) in [5.41, 5.74) is 0.349. The van der Waals surface area contributed by atoms with Crippen molar-refractivity contribution in [1.82, 2.24) is 9.88 Å². The molecule has 0 N–H and O–H groups in total. The van der Waals surface area contributed by atoms with Crippen LogP contribution in [0.15, 0.2) is 58.3 Å². The normalized spacial score (nSPS) is 12.3. The molecule has 35 heavy (non-hydrogen) atoms. The van der Waals surface area contributed by atoms with E-state index in [-0.39, 0.29) is 34.3 Å². The van der Waals surface area contributed by atoms with Gasteiger partial charge in [0.2, 0.25) is 5.91 Å². The fraction of sp³-hybridized carbons (Fsp3) is 0.417. The Balaban J connectivity index is 1.83. The molecule has 0 fully saturated rings. The van der Waals surface area contributed by atoms with Crippen LogP contribution in [0, 0.1) is 0 Å². The van der Waals surface area contributed by atoms with Crippen LogP contribution in [-0.2, 0) is 24.5 Å². The highest BCUT2D eigenvalue weighted by Crippen LogP contribution is 2.33. The number of carbonyl (C=O) groups excluding carboxylic acids is 1. The maximum Gasteiger partial charge on any atom is 0.228 e. The summed E-state index contributed by atoms with van der Waals surface area (Å²) in [4.78, 5) is 21.9. The first-order chi connectivity index (χ1) is 16.6. The summed E-state index contributed by atoms with van der Waals surface area (Å²) in [6.07, 6.45) is 1.35. The summed E-state index contributed by atoms with van der Waals surface area (Å²) in [7, 11) is -6.97. The number of benzene rings is 2. The second-order valence-corrected chi connectivity index (χ2v) is 13.3. The Labute approximate surface area is 211 Å². The van der Waals surface area contributed by atoms with E-state index in [1.165, 1.54) is 17.4 Å². The third-order valence-electron chi connectivity index (χ3n) is 5.74. The van der Waals surface area contributed by atoms with E-state index in [9.17, 15) is 21.6 Å². The lowest BCUT2D eigenvalue weighted by Gasteiger charge is -2.24. The fourth-order valence-corrected chi connectivity index (χ4v) is 6.99. The maximum absolute atomic E-state index is 13.3. The molecule has 8 nitrogen and oxygen atoms in total. The lowest BCUT2D eigenvalue weighted by atomic mass is 10.3. The van der Waals surface area contributed by atoms with Crippen LogP contribution in [0.25, 0.3) is 10.2 Å². The van der Waals surface area contributed by atoms with E-state index in [1.807, 2.05) is 13.8 Å². The second kappa shape index (κ2) is 11.6. The highest BCUT2D eigenvalue weighted by atomic mass is 32.2. The van der Waals surface area contributed by atoms with Gasteiger partial charge in [0.1, 0.15) is 5.52 Å². The first kappa shape index (κ1) is 27.3. The predicted octanol–water partition coefficient (Wildman–Crippen LogP) is 3.63. The van der Waals surface area contributed by atoms with Gasteiger partial charge in [0.25, 0.3) is 0 Å². The molecule has 1 amide bonds. The van der Waals surface area contributed by atoms with Gasteiger partial charge >= 0.3 is 0 Å². The smallest absolute Gasteiger partial charge is 0.228 e. The zero-order valence-electron chi connectivity index (χ0n) is 20.2. The number of anilines is 1. The average Bonchev–Trinajstić information content (AvgIpc) is 3.25. The van der Waals surface area contributed by atoms with Gasteiger partial charge in [0.05, 0.1) is 20.2 Å². The van der Waals surface area contributed by atoms with Gasteiger partial charge in [-0.2, -0.15) is 0 Å². The molecule has 0 aliphatic rings. The summed E-state index contributed by atoms with van der Waals surface area (Å²) in [6.45, 7) is 6.73. The Hall–Kier alpha value is -2.34. The Bertz CT molecular complexity index is 1370. The van der Waals surface area contributed by atoms with Crippen molar-refractivity contribution in [2.75, 3.05) is 43.1 Å². The number of carbonyl (C=O) groups is 1. The second-order valence-electron chi connectivity index (χ2n) is 8.18. The van der Waals surface area contributed by atoms with Gasteiger partial charge in [-0.05, 0) is 43.8 Å². The van der Waals surface area contributed by atoms with Gasteiger partial charge in [-0.3, -0.25) is 9.69 Å². The number of rotatable bonds is 12. The van der Waals surface area contributed by atoms with Crippen molar-refractivity contribution in [2.45, 2.75) is 36.5 Å². The van der Waals surface area contributed by atoms with Crippen molar-refractivity contribution in [1.29, 1.82) is 0 Å². The first-order valence-corrected chi connectivity index (χ1v) is 15.8. The Morgan fingerprint density at radius 2 is 1.63 bits per heavy atom. The van der Waals surface area contributed by atoms with Gasteiger partial charge in [0, 0.05) is 25.8 Å². The Kier molecular flexibility index (Phi) is 9.03. The minimum atomic E-state index is -3.49. The number of fused-ring (bicyclic) bond motifs is 1. The number of thiazole rings is 1. The number of amides is 1. The summed E-state index contributed by atoms with van der Waals surface area (Å²) >= 11 is 1.26. The molecule has 190 valence electrons. The molecule has 0 aliphatic heterocycles. The van der Waals surface area contributed by atoms with Gasteiger partial charge in [-0.1, -0.05) is 49.4 Å². The Morgan fingerprint density at radius 3 is 2.26 bits per heavy atom. The van der Waals surface area contributed by atoms with E-state index >= 15 is 0 Å². The van der Waals surface area contributed by atoms with E-state index in [0.717, 1.165) is 19.3 Å². The minimum absolute atomic E-state index is 0.0408. The highest BCUT2D eigenvalue weighted by Gasteiger charge is 2.24. The van der Waals surface area contributed by atoms with E-state index in [1.54, 1.807) is 47.4 Å². The molecule has 2 aromatic carbocycles. The molecule has 0 bridgehead atoms. The highest BCUT2D eigenvalue weighted by molar-refractivity contribution is 7.91. The average molecular weight is 538 g/mol. The summed E-state index contributed by atoms with van der Waals surface area (Å²) in [5.74, 6) is -0.370. The van der Waals surface area contributed by atoms with E-state index < -0.39 is 19.7 Å². The number of nitrogens with zero attached hydrogens (tertiary/aromatic N) is 3. The van der Waals surface area contributed by atoms with Crippen LogP contribution >= 0.6 is 11.3 Å². The molecule has 3 rings (SSSR count). The van der Waals surface area contributed by atoms with Crippen LogP contribution in [0.4, 0.5) is 5.13 Å². The zero-order chi connectivity index (χ0) is 25.6. The number of likely N-dealkylation sites (N-methyl/N-ethyl adjacent to an activating group) is 1. The summed E-state index contributed by atoms with van der Waals surface area (Å²) in [6, 6.07) is 13.2. The van der Waals surface area contributed by atoms with Crippen molar-refractivity contribution in [3.05, 3.63) is 48.5 Å². The summed E-state index contributed by atoms with van der Waals surface area (Å²) in [5, 5.41) is 0.416. The van der Waals surface area contributed by atoms with Crippen molar-refractivity contribution < 1.29 is 21.6 Å². The zero-order valence-corrected chi connectivity index (χ0v) is 22.6. The van der Waals surface area contributed by atoms with E-state index in [4.69, 9.17) is 0 Å². The lowest BCUT2D eigenvalue weighted by Crippen LogP contribution is -2.39. The molecule has 11 heteroatoms. The molecule has 1 heterocycles. The lowest BCUT2D eigenvalue weighted by molar-refractivity contribution is -0.118. The van der Waals surface area contributed by atoms with Crippen LogP contribution in [0.1, 0.15) is 26.7 Å². The van der Waals surface area contributed by atoms with Gasteiger partial charge < -0.3 is 4.90 Å². The number of para-hydroxylation sites is 1. The third kappa shape index (κ3) is 6.87. The number of aromatic nitrogens is 1. The van der Waals surface area contributed by atoms with E-state index in [2.05, 4.69) is 9.88 Å². The fourth-order valence-electron chi connectivity index (χ4n) is 3.73. The quantitative estimate of drug-likeness (QED) is 0.347. The van der Waals surface area contributed by atoms with E-state index in [0.29, 0.717) is 28.4 Å². The van der Waals surface area contributed by atoms with Crippen LogP contribution in [0.2, 0.25) is 0 Å². The molecule has 0 saturated carbocycles. The first-order valence-electron chi connectivity index (χ1n) is 11.5. The largest absolute Gasteiger partial charge is 0.302 e.